The summed E-state index contributed by atoms with van der Waals surface area (Å²) >= 11 is 0. The quantitative estimate of drug-likeness (QED) is 0.479. The lowest BCUT2D eigenvalue weighted by Gasteiger charge is -2.30. The summed E-state index contributed by atoms with van der Waals surface area (Å²) < 4.78 is 11.3. The number of phenolic OH excluding ortho intramolecular Hbond substituents is 1. The Morgan fingerprint density at radius 2 is 1.89 bits per heavy atom. The van der Waals surface area contributed by atoms with Gasteiger partial charge in [0.1, 0.15) is 39.9 Å². The van der Waals surface area contributed by atoms with Gasteiger partial charge in [-0.25, -0.2) is 0 Å². The summed E-state index contributed by atoms with van der Waals surface area (Å²) in [5.74, 6) is -4.47. The van der Waals surface area contributed by atoms with Crippen LogP contribution in [0, 0.1) is 5.92 Å². The number of allylic oxidation sites excluding steroid dienone is 2. The van der Waals surface area contributed by atoms with Crippen LogP contribution in [0.4, 0.5) is 0 Å². The van der Waals surface area contributed by atoms with E-state index < -0.39 is 34.6 Å². The number of nitrogens with one attached hydrogen (secondary N) is 1. The fourth-order valence-corrected chi connectivity index (χ4v) is 5.42. The van der Waals surface area contributed by atoms with Crippen molar-refractivity contribution in [2.24, 2.45) is 5.92 Å². The minimum absolute atomic E-state index is 0.0209. The highest BCUT2D eigenvalue weighted by atomic mass is 16.5. The van der Waals surface area contributed by atoms with Gasteiger partial charge in [-0.2, -0.15) is 0 Å². The van der Waals surface area contributed by atoms with Crippen LogP contribution in [0.2, 0.25) is 0 Å². The van der Waals surface area contributed by atoms with Crippen molar-refractivity contribution in [2.75, 3.05) is 7.11 Å². The standard InChI is InChI=1S/C30H27NO7/c1-5-16-10-17-8-6-7-9-19(17)18(11-16)14-31-29(36)25-22(37-4)12-21(34)26-27(25)38-23-13-20(33)24(15(2)32)28(35)30(23,26)3/h6-13,24,34H,5,14H2,1-4H3,(H,31,36)/t24?,30-/m1/s1. The molecule has 1 amide bonds. The van der Waals surface area contributed by atoms with Crippen LogP contribution in [0.25, 0.3) is 10.8 Å². The van der Waals surface area contributed by atoms with E-state index in [4.69, 9.17) is 9.47 Å². The van der Waals surface area contributed by atoms with Gasteiger partial charge in [-0.3, -0.25) is 19.2 Å². The number of aryl methyl sites for hydroxylation is 1. The summed E-state index contributed by atoms with van der Waals surface area (Å²) in [6.45, 7) is 4.91. The summed E-state index contributed by atoms with van der Waals surface area (Å²) in [7, 11) is 1.35. The summed E-state index contributed by atoms with van der Waals surface area (Å²) in [4.78, 5) is 51.7. The highest BCUT2D eigenvalue weighted by Gasteiger charge is 2.58. The Morgan fingerprint density at radius 1 is 1.16 bits per heavy atom. The second-order valence-electron chi connectivity index (χ2n) is 9.74. The van der Waals surface area contributed by atoms with Crippen molar-refractivity contribution < 1.29 is 33.8 Å². The van der Waals surface area contributed by atoms with E-state index in [1.807, 2.05) is 30.3 Å². The highest BCUT2D eigenvalue weighted by molar-refractivity contribution is 6.27. The molecule has 38 heavy (non-hydrogen) atoms. The van der Waals surface area contributed by atoms with Crippen LogP contribution in [0.3, 0.4) is 0 Å². The van der Waals surface area contributed by atoms with Crippen molar-refractivity contribution in [3.63, 3.8) is 0 Å². The van der Waals surface area contributed by atoms with E-state index in [0.29, 0.717) is 0 Å². The fourth-order valence-electron chi connectivity index (χ4n) is 5.42. The lowest BCUT2D eigenvalue weighted by Crippen LogP contribution is -2.47. The van der Waals surface area contributed by atoms with Gasteiger partial charge in [0.2, 0.25) is 0 Å². The third-order valence-electron chi connectivity index (χ3n) is 7.45. The van der Waals surface area contributed by atoms with Crippen molar-refractivity contribution in [3.8, 4) is 17.2 Å². The molecule has 8 heteroatoms. The number of hydrogen-bond donors (Lipinski definition) is 2. The van der Waals surface area contributed by atoms with Crippen LogP contribution in [-0.4, -0.2) is 35.5 Å². The summed E-state index contributed by atoms with van der Waals surface area (Å²) in [5.41, 5.74) is 0.448. The molecule has 1 aliphatic heterocycles. The van der Waals surface area contributed by atoms with Gasteiger partial charge in [-0.15, -0.1) is 0 Å². The third kappa shape index (κ3) is 3.67. The number of aromatic hydroxyl groups is 1. The van der Waals surface area contributed by atoms with E-state index in [1.54, 1.807) is 0 Å². The van der Waals surface area contributed by atoms with E-state index in [2.05, 4.69) is 18.3 Å². The zero-order chi connectivity index (χ0) is 27.4. The lowest BCUT2D eigenvalue weighted by atomic mass is 9.67. The number of ketones is 3. The van der Waals surface area contributed by atoms with Gasteiger partial charge < -0.3 is 19.9 Å². The molecule has 0 bridgehead atoms. The number of carbonyl (C=O) groups is 4. The molecule has 194 valence electrons. The first kappa shape index (κ1) is 25.2. The zero-order valence-corrected chi connectivity index (χ0v) is 21.5. The maximum atomic E-state index is 13.6. The molecule has 1 unspecified atom stereocenters. The molecule has 0 aromatic heterocycles. The van der Waals surface area contributed by atoms with Gasteiger partial charge in [0.15, 0.2) is 17.3 Å². The second kappa shape index (κ2) is 9.13. The molecule has 2 N–H and O–H groups in total. The maximum Gasteiger partial charge on any atom is 0.259 e. The SMILES string of the molecule is CCc1cc(CNC(=O)c2c(OC)cc(O)c3c2OC2=CC(=O)C(C(C)=O)C(=O)[C@]23C)c2ccccc2c1. The Hall–Kier alpha value is -4.46. The molecular formula is C30H27NO7. The molecular weight excluding hydrogens is 486 g/mol. The molecule has 0 radical (unpaired) electrons. The van der Waals surface area contributed by atoms with Crippen LogP contribution in [-0.2, 0) is 32.8 Å². The minimum atomic E-state index is -1.61. The Bertz CT molecular complexity index is 1590. The molecule has 1 aliphatic carbocycles. The average Bonchev–Trinajstić information content (AvgIpc) is 3.19. The molecule has 3 aromatic carbocycles. The van der Waals surface area contributed by atoms with Gasteiger partial charge >= 0.3 is 0 Å². The minimum Gasteiger partial charge on any atom is -0.507 e. The second-order valence-corrected chi connectivity index (χ2v) is 9.74. The molecule has 0 spiro atoms. The van der Waals surface area contributed by atoms with Crippen LogP contribution in [0.15, 0.2) is 54.3 Å². The smallest absolute Gasteiger partial charge is 0.259 e. The van der Waals surface area contributed by atoms with E-state index in [1.165, 1.54) is 27.0 Å². The van der Waals surface area contributed by atoms with Gasteiger partial charge in [0.25, 0.3) is 5.91 Å². The summed E-state index contributed by atoms with van der Waals surface area (Å²) in [6, 6.07) is 13.3. The Balaban J connectivity index is 1.58. The van der Waals surface area contributed by atoms with Crippen molar-refractivity contribution in [2.45, 2.75) is 39.2 Å². The lowest BCUT2D eigenvalue weighted by molar-refractivity contribution is -0.140. The normalized spacial score (nSPS) is 19.9. The molecule has 8 nitrogen and oxygen atoms in total. The van der Waals surface area contributed by atoms with E-state index >= 15 is 0 Å². The van der Waals surface area contributed by atoms with Crippen LogP contribution in [0.1, 0.15) is 47.8 Å². The zero-order valence-electron chi connectivity index (χ0n) is 21.5. The highest BCUT2D eigenvalue weighted by Crippen LogP contribution is 2.56. The largest absolute Gasteiger partial charge is 0.507 e. The predicted octanol–water partition coefficient (Wildman–Crippen LogP) is 3.94. The number of amides is 1. The first-order valence-electron chi connectivity index (χ1n) is 12.3. The van der Waals surface area contributed by atoms with E-state index in [-0.39, 0.29) is 40.7 Å². The Labute approximate surface area is 219 Å². The molecule has 3 aromatic rings. The average molecular weight is 514 g/mol. The monoisotopic (exact) mass is 513 g/mol. The first-order valence-corrected chi connectivity index (χ1v) is 12.3. The number of phenols is 1. The number of carbonyl (C=O) groups excluding carboxylic acids is 4. The summed E-state index contributed by atoms with van der Waals surface area (Å²) in [6.07, 6.45) is 1.93. The molecule has 1 heterocycles. The topological polar surface area (TPSA) is 119 Å². The number of hydrogen-bond acceptors (Lipinski definition) is 7. The molecule has 0 fully saturated rings. The van der Waals surface area contributed by atoms with Gasteiger partial charge in [0, 0.05) is 18.7 Å². The first-order chi connectivity index (χ1) is 18.1. The van der Waals surface area contributed by atoms with Crippen LogP contribution >= 0.6 is 0 Å². The number of benzene rings is 3. The fraction of sp³-hybridized carbons (Fsp3) is 0.267. The Kier molecular flexibility index (Phi) is 6.06. The van der Waals surface area contributed by atoms with Gasteiger partial charge in [-0.1, -0.05) is 43.3 Å². The van der Waals surface area contributed by atoms with Gasteiger partial charge in [0.05, 0.1) is 12.7 Å². The van der Waals surface area contributed by atoms with Crippen molar-refractivity contribution in [1.29, 1.82) is 0 Å². The van der Waals surface area contributed by atoms with Gasteiger partial charge in [-0.05, 0) is 42.2 Å². The van der Waals surface area contributed by atoms with E-state index in [0.717, 1.165) is 34.4 Å². The molecule has 2 aliphatic rings. The van der Waals surface area contributed by atoms with Crippen LogP contribution in [0.5, 0.6) is 17.2 Å². The van der Waals surface area contributed by atoms with Crippen molar-refractivity contribution in [3.05, 3.63) is 76.6 Å². The maximum absolute atomic E-state index is 13.6. The predicted molar refractivity (Wildman–Crippen MR) is 139 cm³/mol. The molecule has 0 saturated heterocycles. The number of ether oxygens (including phenoxy) is 2. The molecule has 0 saturated carbocycles. The third-order valence-corrected chi connectivity index (χ3v) is 7.45. The van der Waals surface area contributed by atoms with Crippen molar-refractivity contribution in [1.82, 2.24) is 5.32 Å². The number of Topliss-reactive ketones (excluding diaryl/α,β-unsaturated/α-hetero) is 2. The summed E-state index contributed by atoms with van der Waals surface area (Å²) in [5, 5.41) is 15.9. The Morgan fingerprint density at radius 3 is 2.58 bits per heavy atom. The van der Waals surface area contributed by atoms with Crippen molar-refractivity contribution >= 4 is 34.0 Å². The number of methoxy groups -OCH3 is 1. The van der Waals surface area contributed by atoms with Crippen LogP contribution < -0.4 is 14.8 Å². The number of fused-ring (bicyclic) bond motifs is 4. The van der Waals surface area contributed by atoms with E-state index in [9.17, 15) is 24.3 Å². The molecule has 2 atom stereocenters. The molecule has 5 rings (SSSR count). The number of rotatable bonds is 6.